The quantitative estimate of drug-likeness (QED) is 0.624. The SMILES string of the molecule is CCn1ccnc1COc1cc(CNC)ccc1[N+](=O)[O-]. The van der Waals surface area contributed by atoms with E-state index in [0.29, 0.717) is 6.54 Å². The maximum absolute atomic E-state index is 11.1. The van der Waals surface area contributed by atoms with Gasteiger partial charge in [-0.25, -0.2) is 4.98 Å². The third-order valence-electron chi connectivity index (χ3n) is 3.10. The lowest BCUT2D eigenvalue weighted by Crippen LogP contribution is -2.08. The number of nitro groups is 1. The number of hydrogen-bond acceptors (Lipinski definition) is 5. The molecule has 1 N–H and O–H groups in total. The molecule has 0 radical (unpaired) electrons. The number of aryl methyl sites for hydroxylation is 1. The molecule has 1 aromatic carbocycles. The molecule has 112 valence electrons. The van der Waals surface area contributed by atoms with Crippen LogP contribution in [0.25, 0.3) is 0 Å². The first-order chi connectivity index (χ1) is 10.2. The van der Waals surface area contributed by atoms with Gasteiger partial charge in [-0.15, -0.1) is 0 Å². The molecule has 0 aliphatic heterocycles. The average Bonchev–Trinajstić information content (AvgIpc) is 2.92. The van der Waals surface area contributed by atoms with Gasteiger partial charge in [-0.3, -0.25) is 10.1 Å². The molecule has 7 heteroatoms. The fourth-order valence-electron chi connectivity index (χ4n) is 2.05. The van der Waals surface area contributed by atoms with Crippen molar-refractivity contribution in [1.29, 1.82) is 0 Å². The standard InChI is InChI=1S/C14H18N4O3/c1-3-17-7-6-16-14(17)10-21-13-8-11(9-15-2)4-5-12(13)18(19)20/h4-8,15H,3,9-10H2,1-2H3. The van der Waals surface area contributed by atoms with Crippen LogP contribution in [0.2, 0.25) is 0 Å². The lowest BCUT2D eigenvalue weighted by atomic mass is 10.2. The largest absolute Gasteiger partial charge is 0.479 e. The molecular weight excluding hydrogens is 272 g/mol. The van der Waals surface area contributed by atoms with Gasteiger partial charge in [0.1, 0.15) is 12.4 Å². The number of imidazole rings is 1. The van der Waals surface area contributed by atoms with E-state index < -0.39 is 4.92 Å². The highest BCUT2D eigenvalue weighted by Gasteiger charge is 2.16. The maximum atomic E-state index is 11.1. The molecule has 1 heterocycles. The zero-order chi connectivity index (χ0) is 15.2. The topological polar surface area (TPSA) is 82.2 Å². The normalized spacial score (nSPS) is 10.6. The lowest BCUT2D eigenvalue weighted by molar-refractivity contribution is -0.386. The summed E-state index contributed by atoms with van der Waals surface area (Å²) < 4.78 is 7.55. The lowest BCUT2D eigenvalue weighted by Gasteiger charge is -2.09. The minimum absolute atomic E-state index is 0.0375. The number of nitrogens with one attached hydrogen (secondary N) is 1. The Labute approximate surface area is 122 Å². The van der Waals surface area contributed by atoms with Crippen molar-refractivity contribution in [2.75, 3.05) is 7.05 Å². The van der Waals surface area contributed by atoms with Gasteiger partial charge in [0.05, 0.1) is 4.92 Å². The summed E-state index contributed by atoms with van der Waals surface area (Å²) in [7, 11) is 1.82. The molecule has 0 unspecified atom stereocenters. The van der Waals surface area contributed by atoms with Gasteiger partial charge in [0.15, 0.2) is 5.75 Å². The van der Waals surface area contributed by atoms with Gasteiger partial charge < -0.3 is 14.6 Å². The highest BCUT2D eigenvalue weighted by Crippen LogP contribution is 2.28. The predicted molar refractivity (Wildman–Crippen MR) is 78.1 cm³/mol. The summed E-state index contributed by atoms with van der Waals surface area (Å²) in [4.78, 5) is 14.8. The van der Waals surface area contributed by atoms with Crippen LogP contribution in [0.15, 0.2) is 30.6 Å². The van der Waals surface area contributed by atoms with Gasteiger partial charge in [0.25, 0.3) is 0 Å². The summed E-state index contributed by atoms with van der Waals surface area (Å²) in [6.45, 7) is 3.60. The Morgan fingerprint density at radius 1 is 1.48 bits per heavy atom. The van der Waals surface area contributed by atoms with Crippen molar-refractivity contribution in [1.82, 2.24) is 14.9 Å². The number of ether oxygens (including phenoxy) is 1. The smallest absolute Gasteiger partial charge is 0.310 e. The predicted octanol–water partition coefficient (Wildman–Crippen LogP) is 2.11. The van der Waals surface area contributed by atoms with Crippen LogP contribution in [-0.2, 0) is 19.7 Å². The van der Waals surface area contributed by atoms with Crippen LogP contribution in [0.3, 0.4) is 0 Å². The number of nitro benzene ring substituents is 1. The van der Waals surface area contributed by atoms with Crippen LogP contribution in [-0.4, -0.2) is 21.5 Å². The first kappa shape index (κ1) is 15.0. The highest BCUT2D eigenvalue weighted by molar-refractivity contribution is 5.48. The van der Waals surface area contributed by atoms with Crippen LogP contribution in [0.5, 0.6) is 5.75 Å². The Balaban J connectivity index is 2.20. The second kappa shape index (κ2) is 6.85. The van der Waals surface area contributed by atoms with E-state index in [2.05, 4.69) is 10.3 Å². The van der Waals surface area contributed by atoms with Gasteiger partial charge in [0.2, 0.25) is 0 Å². The van der Waals surface area contributed by atoms with Crippen molar-refractivity contribution >= 4 is 5.69 Å². The monoisotopic (exact) mass is 290 g/mol. The van der Waals surface area contributed by atoms with Gasteiger partial charge in [-0.2, -0.15) is 0 Å². The Bertz CT molecular complexity index is 624. The number of rotatable bonds is 7. The van der Waals surface area contributed by atoms with E-state index in [1.165, 1.54) is 6.07 Å². The number of aromatic nitrogens is 2. The average molecular weight is 290 g/mol. The molecule has 0 aliphatic rings. The van der Waals surface area contributed by atoms with Crippen LogP contribution >= 0.6 is 0 Å². The van der Waals surface area contributed by atoms with Crippen molar-refractivity contribution in [2.24, 2.45) is 0 Å². The van der Waals surface area contributed by atoms with Crippen LogP contribution in [0, 0.1) is 10.1 Å². The second-order valence-electron chi connectivity index (χ2n) is 4.51. The summed E-state index contributed by atoms with van der Waals surface area (Å²) in [5.41, 5.74) is 0.890. The van der Waals surface area contributed by atoms with Crippen molar-refractivity contribution < 1.29 is 9.66 Å². The molecule has 7 nitrogen and oxygen atoms in total. The minimum Gasteiger partial charge on any atom is -0.479 e. The minimum atomic E-state index is -0.440. The Morgan fingerprint density at radius 3 is 2.95 bits per heavy atom. The summed E-state index contributed by atoms with van der Waals surface area (Å²) >= 11 is 0. The van der Waals surface area contributed by atoms with E-state index in [1.807, 2.05) is 24.7 Å². The van der Waals surface area contributed by atoms with Gasteiger partial charge in [0, 0.05) is 31.5 Å². The molecule has 0 bridgehead atoms. The molecule has 1 aromatic heterocycles. The molecule has 0 fully saturated rings. The van der Waals surface area contributed by atoms with Gasteiger partial charge >= 0.3 is 5.69 Å². The second-order valence-corrected chi connectivity index (χ2v) is 4.51. The first-order valence-electron chi connectivity index (χ1n) is 6.70. The fourth-order valence-corrected chi connectivity index (χ4v) is 2.05. The summed E-state index contributed by atoms with van der Waals surface area (Å²) in [6, 6.07) is 4.87. The van der Waals surface area contributed by atoms with E-state index in [-0.39, 0.29) is 18.0 Å². The fraction of sp³-hybridized carbons (Fsp3) is 0.357. The molecule has 0 saturated heterocycles. The van der Waals surface area contributed by atoms with Crippen molar-refractivity contribution in [2.45, 2.75) is 26.6 Å². The zero-order valence-electron chi connectivity index (χ0n) is 12.1. The van der Waals surface area contributed by atoms with E-state index in [1.54, 1.807) is 18.3 Å². The third-order valence-corrected chi connectivity index (χ3v) is 3.10. The Morgan fingerprint density at radius 2 is 2.29 bits per heavy atom. The molecular formula is C14H18N4O3. The van der Waals surface area contributed by atoms with Crippen molar-refractivity contribution in [3.8, 4) is 5.75 Å². The number of nitrogens with zero attached hydrogens (tertiary/aromatic N) is 3. The third kappa shape index (κ3) is 3.57. The van der Waals surface area contributed by atoms with Crippen LogP contribution in [0.4, 0.5) is 5.69 Å². The molecule has 2 rings (SSSR count). The summed E-state index contributed by atoms with van der Waals surface area (Å²) in [5.74, 6) is 1.00. The Kier molecular flexibility index (Phi) is 4.89. The van der Waals surface area contributed by atoms with E-state index in [9.17, 15) is 10.1 Å². The summed E-state index contributed by atoms with van der Waals surface area (Å²) in [6.07, 6.45) is 3.54. The maximum Gasteiger partial charge on any atom is 0.310 e. The molecule has 0 aliphatic carbocycles. The van der Waals surface area contributed by atoms with Crippen molar-refractivity contribution in [3.05, 3.63) is 52.1 Å². The number of hydrogen-bond donors (Lipinski definition) is 1. The van der Waals surface area contributed by atoms with Crippen molar-refractivity contribution in [3.63, 3.8) is 0 Å². The summed E-state index contributed by atoms with van der Waals surface area (Å²) in [5, 5.41) is 14.1. The molecule has 0 atom stereocenters. The van der Waals surface area contributed by atoms with E-state index in [4.69, 9.17) is 4.74 Å². The highest BCUT2D eigenvalue weighted by atomic mass is 16.6. The molecule has 0 spiro atoms. The van der Waals surface area contributed by atoms with E-state index >= 15 is 0 Å². The van der Waals surface area contributed by atoms with Crippen LogP contribution in [0.1, 0.15) is 18.3 Å². The van der Waals surface area contributed by atoms with Crippen LogP contribution < -0.4 is 10.1 Å². The zero-order valence-corrected chi connectivity index (χ0v) is 12.1. The molecule has 0 saturated carbocycles. The first-order valence-corrected chi connectivity index (χ1v) is 6.70. The van der Waals surface area contributed by atoms with E-state index in [0.717, 1.165) is 17.9 Å². The van der Waals surface area contributed by atoms with Gasteiger partial charge in [-0.1, -0.05) is 6.07 Å². The molecule has 0 amide bonds. The van der Waals surface area contributed by atoms with Gasteiger partial charge in [-0.05, 0) is 25.6 Å². The number of benzene rings is 1. The molecule has 2 aromatic rings. The Hall–Kier alpha value is -2.41. The molecule has 21 heavy (non-hydrogen) atoms.